The van der Waals surface area contributed by atoms with Gasteiger partial charge in [0.25, 0.3) is 0 Å². The van der Waals surface area contributed by atoms with Gasteiger partial charge >= 0.3 is 51.2 Å². The van der Waals surface area contributed by atoms with Crippen molar-refractivity contribution in [2.45, 2.75) is 94.2 Å². The van der Waals surface area contributed by atoms with Crippen LogP contribution in [0.5, 0.6) is 0 Å². The number of hydrogen-bond acceptors (Lipinski definition) is 22. The Kier molecular flexibility index (Phi) is 58.3. The molecule has 375 valence electrons. The number of aromatic nitrogens is 10. The van der Waals surface area contributed by atoms with Gasteiger partial charge in [-0.3, -0.25) is 18.4 Å². The third kappa shape index (κ3) is 79.9. The van der Waals surface area contributed by atoms with Crippen molar-refractivity contribution in [3.8, 4) is 23.0 Å². The van der Waals surface area contributed by atoms with Gasteiger partial charge in [-0.2, -0.15) is 9.59 Å². The first-order chi connectivity index (χ1) is 28.0. The van der Waals surface area contributed by atoms with Crippen LogP contribution in [-0.4, -0.2) is 120 Å². The van der Waals surface area contributed by atoms with E-state index < -0.39 is 57.4 Å². The van der Waals surface area contributed by atoms with Gasteiger partial charge < -0.3 is 59.4 Å². The fourth-order valence-electron chi connectivity index (χ4n) is 2.19. The molecule has 0 N–H and O–H groups in total. The van der Waals surface area contributed by atoms with Crippen molar-refractivity contribution in [2.24, 2.45) is 0 Å². The number of hydrogen-bond donors (Lipinski definition) is 0. The number of carbonyl (C=O) groups excluding carboxylic acids is 6. The van der Waals surface area contributed by atoms with Gasteiger partial charge in [-0.25, -0.2) is 0 Å². The summed E-state index contributed by atoms with van der Waals surface area (Å²) in [5.74, 6) is -5.38. The van der Waals surface area contributed by atoms with Crippen LogP contribution in [0.1, 0.15) is 83.1 Å². The van der Waals surface area contributed by atoms with Gasteiger partial charge in [-0.05, 0) is 118 Å². The van der Waals surface area contributed by atoms with Crippen LogP contribution >= 0.6 is 0 Å². The summed E-state index contributed by atoms with van der Waals surface area (Å²) in [5.41, 5.74) is 1.18. The maximum absolute atomic E-state index is 9.56. The molecule has 0 aromatic carbocycles. The summed E-state index contributed by atoms with van der Waals surface area (Å²) >= 11 is 0. The van der Waals surface area contributed by atoms with Gasteiger partial charge in [0.2, 0.25) is 11.6 Å². The molecule has 0 aliphatic carbocycles. The van der Waals surface area contributed by atoms with Gasteiger partial charge in [0.05, 0.1) is 11.1 Å². The Labute approximate surface area is 415 Å². The molecule has 0 bridgehead atoms. The molecule has 29 heteroatoms. The zero-order valence-corrected chi connectivity index (χ0v) is 43.3. The molecule has 4 aromatic rings. The zero-order chi connectivity index (χ0) is 50.4. The number of carbonyl (C=O) groups is 6. The number of carboxylic acids is 6. The van der Waals surface area contributed by atoms with Crippen molar-refractivity contribution >= 4 is 57.4 Å². The molecule has 0 saturated heterocycles. The summed E-state index contributed by atoms with van der Waals surface area (Å²) in [6, 6.07) is 11.3. The van der Waals surface area contributed by atoms with Crippen LogP contribution in [0.15, 0.2) is 48.8 Å². The normalized spacial score (nSPS) is 8.77. The third-order valence-corrected chi connectivity index (χ3v) is 3.82. The van der Waals surface area contributed by atoms with Crippen molar-refractivity contribution < 1.29 is 119 Å². The topological polar surface area (TPSA) is 388 Å². The Morgan fingerprint density at radius 3 is 0.785 bits per heavy atom. The van der Waals surface area contributed by atoms with Crippen LogP contribution < -0.4 is 30.6 Å². The van der Waals surface area contributed by atoms with E-state index in [0.717, 1.165) is 52.9 Å². The smallest absolute Gasteiger partial charge is 0.550 e. The first-order valence-corrected chi connectivity index (χ1v) is 20.9. The minimum atomic E-state index is -1.08. The van der Waals surface area contributed by atoms with Crippen molar-refractivity contribution in [3.05, 3.63) is 48.8 Å². The summed E-state index contributed by atoms with van der Waals surface area (Å²) in [7, 11) is -1.22. The Hall–Kier alpha value is -4.88. The minimum Gasteiger partial charge on any atom is -0.550 e. The quantitative estimate of drug-likeness (QED) is 0.171. The van der Waals surface area contributed by atoms with Crippen LogP contribution in [-0.2, 0) is 113 Å². The zero-order valence-electron chi connectivity index (χ0n) is 38.6. The summed E-state index contributed by atoms with van der Waals surface area (Å²) in [5, 5.41) is 77.8. The van der Waals surface area contributed by atoms with E-state index in [1.807, 2.05) is 77.9 Å². The Morgan fingerprint density at radius 1 is 0.477 bits per heavy atom. The van der Waals surface area contributed by atoms with Crippen LogP contribution in [0.4, 0.5) is 0 Å². The van der Waals surface area contributed by atoms with E-state index >= 15 is 0 Å². The second-order valence-electron chi connectivity index (χ2n) is 13.0. The van der Waals surface area contributed by atoms with E-state index in [0.29, 0.717) is 11.6 Å². The maximum atomic E-state index is 9.56. The molecule has 0 atom stereocenters. The largest absolute Gasteiger partial charge is 2.00 e. The summed E-state index contributed by atoms with van der Waals surface area (Å²) < 4.78 is 19.1. The monoisotopic (exact) mass is 1100 g/mol. The molecule has 65 heavy (non-hydrogen) atoms. The van der Waals surface area contributed by atoms with Crippen molar-refractivity contribution in [1.82, 2.24) is 50.4 Å². The van der Waals surface area contributed by atoms with Gasteiger partial charge in [0.1, 0.15) is 11.4 Å². The average Bonchev–Trinajstić information content (AvgIpc) is 3.76. The van der Waals surface area contributed by atoms with Crippen molar-refractivity contribution in [3.63, 3.8) is 0 Å². The van der Waals surface area contributed by atoms with Crippen molar-refractivity contribution in [1.29, 1.82) is 0 Å². The molecule has 0 spiro atoms. The Balaban J connectivity index is -0.0000000827. The molecule has 4 rings (SSSR count). The fourth-order valence-corrected chi connectivity index (χ4v) is 2.19. The maximum Gasteiger partial charge on any atom is 2.00 e. The molecule has 24 nitrogen and oxygen atoms in total. The average molecular weight is 1100 g/mol. The van der Waals surface area contributed by atoms with E-state index in [1.54, 1.807) is 47.0 Å². The molecule has 4 aromatic heterocycles. The third-order valence-electron chi connectivity index (χ3n) is 3.82. The molecular formula is C36H56Cu2MnN10O14S2. The van der Waals surface area contributed by atoms with Gasteiger partial charge in [-0.15, -0.1) is 20.4 Å². The second kappa shape index (κ2) is 47.1. The SMILES string of the molecule is CC(=O)[O-].CC(=O)[O-].CC(=O)[O-].CC(=O)[O-].CC(=O)[O-].CC(=O)[O-].CC(C)(C)n1nnc(-c2ccccn2)n1.CC(C)(C)n1nnc(-c2ccccn2)n1.CS(C)=O.CS(C)=O.[Cu+2].[Cu+2].[Mn+2]. The molecule has 0 aliphatic rings. The second-order valence-corrected chi connectivity index (χ2v) is 16.0. The van der Waals surface area contributed by atoms with E-state index in [2.05, 4.69) is 40.8 Å². The standard InChI is InChI=1S/2C10H13N5.6C2H4O2.2C2H6OS.2Cu.Mn/c2*1-10(2,3)15-13-9(12-14-15)8-6-4-5-7-11-8;6*1-2(3)4;2*1-4(2)3;;;/h2*4-7H,1-3H3;6*1H3,(H,3,4);2*1-2H3;;;/q;;;;;;;;;;3*+2/p-6. The molecule has 0 amide bonds. The number of carboxylic acid groups (broad SMARTS) is 6. The van der Waals surface area contributed by atoms with Crippen LogP contribution in [0.3, 0.4) is 0 Å². The fraction of sp³-hybridized carbons (Fsp3) is 0.500. The first kappa shape index (κ1) is 80.4. The Morgan fingerprint density at radius 2 is 0.662 bits per heavy atom. The Bertz CT molecular complexity index is 1640. The van der Waals surface area contributed by atoms with Gasteiger partial charge in [-0.1, -0.05) is 12.1 Å². The molecule has 3 radical (unpaired) electrons. The number of rotatable bonds is 2. The minimum absolute atomic E-state index is 0. The van der Waals surface area contributed by atoms with Gasteiger partial charge in [0.15, 0.2) is 0 Å². The predicted octanol–water partition coefficient (Wildman–Crippen LogP) is -4.50. The summed E-state index contributed by atoms with van der Waals surface area (Å²) in [4.78, 5) is 64.9. The van der Waals surface area contributed by atoms with Crippen LogP contribution in [0.2, 0.25) is 0 Å². The molecule has 0 fully saturated rings. The van der Waals surface area contributed by atoms with E-state index in [-0.39, 0.29) is 62.3 Å². The number of tetrazole rings is 2. The van der Waals surface area contributed by atoms with Crippen LogP contribution in [0, 0.1) is 0 Å². The van der Waals surface area contributed by atoms with E-state index in [9.17, 15) is 8.42 Å². The van der Waals surface area contributed by atoms with E-state index in [4.69, 9.17) is 59.4 Å². The van der Waals surface area contributed by atoms with E-state index in [1.165, 1.54) is 0 Å². The summed E-state index contributed by atoms with van der Waals surface area (Å²) in [6.07, 6.45) is 9.99. The number of aliphatic carboxylic acids is 6. The summed E-state index contributed by atoms with van der Waals surface area (Å²) in [6.45, 7) is 18.0. The van der Waals surface area contributed by atoms with Crippen molar-refractivity contribution in [2.75, 3.05) is 25.0 Å². The number of pyridine rings is 2. The number of nitrogens with zero attached hydrogens (tertiary/aromatic N) is 10. The molecule has 0 saturated carbocycles. The molecule has 4 heterocycles. The molecule has 0 aliphatic heterocycles. The molecule has 0 unspecified atom stereocenters. The first-order valence-electron chi connectivity index (χ1n) is 17.0. The van der Waals surface area contributed by atoms with Crippen LogP contribution in [0.25, 0.3) is 23.0 Å². The molecular weight excluding hydrogens is 1040 g/mol. The van der Waals surface area contributed by atoms with Gasteiger partial charge in [0, 0.05) is 94.8 Å². The predicted molar refractivity (Wildman–Crippen MR) is 216 cm³/mol.